The van der Waals surface area contributed by atoms with Crippen LogP contribution in [0, 0.1) is 0 Å². The third-order valence-electron chi connectivity index (χ3n) is 7.51. The summed E-state index contributed by atoms with van der Waals surface area (Å²) in [6, 6.07) is 37.2. The second-order valence-electron chi connectivity index (χ2n) is 9.31. The van der Waals surface area contributed by atoms with Gasteiger partial charge in [-0.15, -0.1) is 0 Å². The van der Waals surface area contributed by atoms with Crippen molar-refractivity contribution in [3.63, 3.8) is 0 Å². The molecule has 8 rings (SSSR count). The quantitative estimate of drug-likeness (QED) is 0.272. The van der Waals surface area contributed by atoms with E-state index < -0.39 is 0 Å². The fourth-order valence-corrected chi connectivity index (χ4v) is 6.11. The van der Waals surface area contributed by atoms with E-state index in [0.29, 0.717) is 5.95 Å². The third-order valence-corrected chi connectivity index (χ3v) is 7.51. The average molecular weight is 461 g/mol. The number of hydrogen-bond acceptors (Lipinski definition) is 3. The van der Waals surface area contributed by atoms with Gasteiger partial charge in [0.25, 0.3) is 0 Å². The lowest BCUT2D eigenvalue weighted by Crippen LogP contribution is -2.02. The molecule has 5 aromatic carbocycles. The minimum atomic E-state index is 0.162. The van der Waals surface area contributed by atoms with Crippen LogP contribution in [0.1, 0.15) is 22.6 Å². The topological polar surface area (TPSA) is 43.6 Å². The van der Waals surface area contributed by atoms with Crippen LogP contribution in [0.4, 0.5) is 0 Å². The molecule has 0 amide bonds. The number of nitrogens with zero attached hydrogens (tertiary/aromatic N) is 4. The van der Waals surface area contributed by atoms with Crippen molar-refractivity contribution in [3.8, 4) is 17.1 Å². The van der Waals surface area contributed by atoms with Gasteiger partial charge in [-0.05, 0) is 39.1 Å². The van der Waals surface area contributed by atoms with Gasteiger partial charge in [0, 0.05) is 22.3 Å². The zero-order valence-electron chi connectivity index (χ0n) is 19.3. The Kier molecular flexibility index (Phi) is 3.97. The summed E-state index contributed by atoms with van der Waals surface area (Å²) in [4.78, 5) is 13.2. The van der Waals surface area contributed by atoms with Gasteiger partial charge >= 0.3 is 0 Å². The summed E-state index contributed by atoms with van der Waals surface area (Å²) >= 11 is 0. The van der Waals surface area contributed by atoms with Crippen LogP contribution in [-0.4, -0.2) is 19.5 Å². The molecule has 0 spiro atoms. The first-order chi connectivity index (χ1) is 17.9. The van der Waals surface area contributed by atoms with E-state index in [-0.39, 0.29) is 5.92 Å². The van der Waals surface area contributed by atoms with Crippen molar-refractivity contribution < 1.29 is 0 Å². The van der Waals surface area contributed by atoms with E-state index >= 15 is 0 Å². The Labute approximate surface area is 207 Å². The van der Waals surface area contributed by atoms with Gasteiger partial charge in [0.05, 0.1) is 11.0 Å². The summed E-state index contributed by atoms with van der Waals surface area (Å²) in [5.41, 5.74) is 8.78. The SMILES string of the molecule is c1ccc(C2c3ccc4ccccc4c3-c3c2ccc2c4ccccc4n(-c4ncncn4)c32)cc1. The molecule has 0 fully saturated rings. The van der Waals surface area contributed by atoms with Crippen LogP contribution < -0.4 is 0 Å². The molecule has 36 heavy (non-hydrogen) atoms. The van der Waals surface area contributed by atoms with Crippen molar-refractivity contribution in [1.29, 1.82) is 0 Å². The molecule has 168 valence electrons. The highest BCUT2D eigenvalue weighted by atomic mass is 15.2. The predicted molar refractivity (Wildman–Crippen MR) is 144 cm³/mol. The molecule has 0 N–H and O–H groups in total. The van der Waals surface area contributed by atoms with E-state index in [4.69, 9.17) is 0 Å². The van der Waals surface area contributed by atoms with Crippen LogP contribution >= 0.6 is 0 Å². The molecule has 0 saturated carbocycles. The molecule has 2 aromatic heterocycles. The Morgan fingerprint density at radius 3 is 2.11 bits per heavy atom. The Bertz CT molecular complexity index is 1940. The number of rotatable bonds is 2. The van der Waals surface area contributed by atoms with Crippen molar-refractivity contribution in [2.45, 2.75) is 5.92 Å². The van der Waals surface area contributed by atoms with Crippen molar-refractivity contribution in [2.24, 2.45) is 0 Å². The Balaban J connectivity index is 1.61. The van der Waals surface area contributed by atoms with E-state index in [9.17, 15) is 0 Å². The zero-order valence-corrected chi connectivity index (χ0v) is 19.3. The largest absolute Gasteiger partial charge is 0.277 e. The van der Waals surface area contributed by atoms with Crippen LogP contribution in [0.5, 0.6) is 0 Å². The third kappa shape index (κ3) is 2.56. The lowest BCUT2D eigenvalue weighted by molar-refractivity contribution is 0.939. The fourth-order valence-electron chi connectivity index (χ4n) is 6.11. The van der Waals surface area contributed by atoms with Crippen LogP contribution in [0.15, 0.2) is 116 Å². The van der Waals surface area contributed by atoms with Gasteiger partial charge in [-0.1, -0.05) is 97.1 Å². The second-order valence-corrected chi connectivity index (χ2v) is 9.31. The van der Waals surface area contributed by atoms with Gasteiger partial charge in [-0.25, -0.2) is 15.0 Å². The van der Waals surface area contributed by atoms with Gasteiger partial charge in [0.1, 0.15) is 12.7 Å². The van der Waals surface area contributed by atoms with Gasteiger partial charge in [0.15, 0.2) is 0 Å². The van der Waals surface area contributed by atoms with Crippen molar-refractivity contribution in [1.82, 2.24) is 19.5 Å². The molecular weight excluding hydrogens is 440 g/mol. The lowest BCUT2D eigenvalue weighted by Gasteiger charge is -2.15. The summed E-state index contributed by atoms with van der Waals surface area (Å²) in [6.07, 6.45) is 3.14. The highest BCUT2D eigenvalue weighted by Gasteiger charge is 2.34. The molecule has 7 aromatic rings. The van der Waals surface area contributed by atoms with Crippen molar-refractivity contribution in [2.75, 3.05) is 0 Å². The number of aromatic nitrogens is 4. The minimum Gasteiger partial charge on any atom is -0.277 e. The Hall–Kier alpha value is -4.83. The molecule has 0 saturated heterocycles. The van der Waals surface area contributed by atoms with E-state index in [1.807, 2.05) is 0 Å². The number of benzene rings is 5. The molecule has 0 aliphatic heterocycles. The maximum Gasteiger partial charge on any atom is 0.237 e. The molecule has 2 heterocycles. The average Bonchev–Trinajstić information content (AvgIpc) is 3.47. The maximum absolute atomic E-state index is 4.58. The standard InChI is InChI=1S/C32H20N4/c1-2-9-21(10-3-1)28-25-15-14-20-8-4-5-11-22(20)29(25)30-26(28)17-16-24-23-12-6-7-13-27(23)36(31(24)30)32-34-18-33-19-35-32/h1-19,28H. The molecule has 4 nitrogen and oxygen atoms in total. The molecule has 0 radical (unpaired) electrons. The van der Waals surface area contributed by atoms with Crippen LogP contribution in [0.25, 0.3) is 49.7 Å². The van der Waals surface area contributed by atoms with Crippen LogP contribution in [0.2, 0.25) is 0 Å². The summed E-state index contributed by atoms with van der Waals surface area (Å²) < 4.78 is 2.21. The van der Waals surface area contributed by atoms with Gasteiger partial charge in [-0.3, -0.25) is 4.57 Å². The highest BCUT2D eigenvalue weighted by molar-refractivity contribution is 6.18. The molecule has 1 aliphatic rings. The molecule has 1 atom stereocenters. The lowest BCUT2D eigenvalue weighted by atomic mass is 9.88. The summed E-state index contributed by atoms with van der Waals surface area (Å²) in [6.45, 7) is 0. The first kappa shape index (κ1) is 19.5. The fraction of sp³-hybridized carbons (Fsp3) is 0.0312. The number of fused-ring (bicyclic) bond motifs is 9. The molecule has 1 unspecified atom stereocenters. The first-order valence-corrected chi connectivity index (χ1v) is 12.2. The van der Waals surface area contributed by atoms with E-state index in [1.54, 1.807) is 12.7 Å². The minimum absolute atomic E-state index is 0.162. The number of para-hydroxylation sites is 1. The van der Waals surface area contributed by atoms with E-state index in [0.717, 1.165) is 11.0 Å². The number of hydrogen-bond donors (Lipinski definition) is 0. The molecule has 0 bridgehead atoms. The Morgan fingerprint density at radius 2 is 1.25 bits per heavy atom. The summed E-state index contributed by atoms with van der Waals surface area (Å²) in [7, 11) is 0. The molecule has 1 aliphatic carbocycles. The monoisotopic (exact) mass is 460 g/mol. The van der Waals surface area contributed by atoms with Crippen LogP contribution in [-0.2, 0) is 0 Å². The van der Waals surface area contributed by atoms with E-state index in [2.05, 4.69) is 123 Å². The van der Waals surface area contributed by atoms with Gasteiger partial charge in [-0.2, -0.15) is 0 Å². The second kappa shape index (κ2) is 7.33. The van der Waals surface area contributed by atoms with Gasteiger partial charge < -0.3 is 0 Å². The Morgan fingerprint density at radius 1 is 0.556 bits per heavy atom. The van der Waals surface area contributed by atoms with Crippen molar-refractivity contribution in [3.05, 3.63) is 132 Å². The highest BCUT2D eigenvalue weighted by Crippen LogP contribution is 2.54. The van der Waals surface area contributed by atoms with Gasteiger partial charge in [0.2, 0.25) is 5.95 Å². The molecular formula is C32H20N4. The zero-order chi connectivity index (χ0) is 23.6. The summed E-state index contributed by atoms with van der Waals surface area (Å²) in [5.74, 6) is 0.796. The predicted octanol–water partition coefficient (Wildman–Crippen LogP) is 7.28. The smallest absolute Gasteiger partial charge is 0.237 e. The van der Waals surface area contributed by atoms with Crippen LogP contribution in [0.3, 0.4) is 0 Å². The van der Waals surface area contributed by atoms with E-state index in [1.165, 1.54) is 49.4 Å². The first-order valence-electron chi connectivity index (χ1n) is 12.2. The van der Waals surface area contributed by atoms with Crippen molar-refractivity contribution >= 4 is 32.6 Å². The normalized spacial score (nSPS) is 14.4. The maximum atomic E-state index is 4.58. The summed E-state index contributed by atoms with van der Waals surface area (Å²) in [5, 5.41) is 4.92. The molecule has 4 heteroatoms.